The Balaban J connectivity index is 4.36. The molecular formula is C68H120O6. The van der Waals surface area contributed by atoms with Crippen LogP contribution in [-0.2, 0) is 28.6 Å². The SMILES string of the molecule is CC/C=C\C/C=C\C/C=C\C/C=C\C/C=C\C/C=C\CCC(=O)OC(COC(=O)CCCCCCCCCCCCCCC)COC(=O)CCCCCCCCCCCCCCCCCCCCCCCCCC. The van der Waals surface area contributed by atoms with Crippen LogP contribution in [0.5, 0.6) is 0 Å². The third-order valence-corrected chi connectivity index (χ3v) is 14.0. The molecule has 0 heterocycles. The normalized spacial score (nSPS) is 12.5. The Morgan fingerprint density at radius 2 is 0.527 bits per heavy atom. The quantitative estimate of drug-likeness (QED) is 0.0261. The lowest BCUT2D eigenvalue weighted by molar-refractivity contribution is -0.166. The molecule has 1 atom stereocenters. The largest absolute Gasteiger partial charge is 0.462 e. The van der Waals surface area contributed by atoms with Gasteiger partial charge in [0.25, 0.3) is 0 Å². The summed E-state index contributed by atoms with van der Waals surface area (Å²) in [4.78, 5) is 38.2. The summed E-state index contributed by atoms with van der Waals surface area (Å²) in [7, 11) is 0. The van der Waals surface area contributed by atoms with Gasteiger partial charge in [-0.1, -0.05) is 318 Å². The fourth-order valence-electron chi connectivity index (χ4n) is 9.24. The zero-order chi connectivity index (χ0) is 53.6. The molecule has 0 bridgehead atoms. The average Bonchev–Trinajstić information content (AvgIpc) is 3.40. The maximum absolute atomic E-state index is 12.9. The van der Waals surface area contributed by atoms with E-state index in [9.17, 15) is 14.4 Å². The summed E-state index contributed by atoms with van der Waals surface area (Å²) in [5.41, 5.74) is 0. The molecule has 0 aliphatic rings. The number of rotatable bonds is 58. The van der Waals surface area contributed by atoms with Crippen LogP contribution < -0.4 is 0 Å². The van der Waals surface area contributed by atoms with Crippen LogP contribution in [0.3, 0.4) is 0 Å². The first-order valence-corrected chi connectivity index (χ1v) is 31.9. The van der Waals surface area contributed by atoms with Crippen molar-refractivity contribution in [1.29, 1.82) is 0 Å². The lowest BCUT2D eigenvalue weighted by atomic mass is 10.0. The number of unbranched alkanes of at least 4 members (excludes halogenated alkanes) is 35. The van der Waals surface area contributed by atoms with Gasteiger partial charge in [0.15, 0.2) is 6.10 Å². The van der Waals surface area contributed by atoms with Crippen LogP contribution in [0.4, 0.5) is 0 Å². The fourth-order valence-corrected chi connectivity index (χ4v) is 9.24. The summed E-state index contributed by atoms with van der Waals surface area (Å²) in [5.74, 6) is -0.970. The van der Waals surface area contributed by atoms with E-state index in [0.717, 1.165) is 77.0 Å². The molecule has 0 aromatic rings. The Bertz CT molecular complexity index is 1370. The molecule has 0 spiro atoms. The van der Waals surface area contributed by atoms with Crippen molar-refractivity contribution in [2.75, 3.05) is 13.2 Å². The second-order valence-corrected chi connectivity index (χ2v) is 21.3. The highest BCUT2D eigenvalue weighted by atomic mass is 16.6. The summed E-state index contributed by atoms with van der Waals surface area (Å²) >= 11 is 0. The third kappa shape index (κ3) is 59.7. The molecule has 0 fully saturated rings. The van der Waals surface area contributed by atoms with Crippen molar-refractivity contribution in [3.05, 3.63) is 72.9 Å². The molecule has 0 saturated heterocycles. The second kappa shape index (κ2) is 62.4. The maximum atomic E-state index is 12.9. The highest BCUT2D eigenvalue weighted by Gasteiger charge is 2.19. The molecule has 6 heteroatoms. The predicted octanol–water partition coefficient (Wildman–Crippen LogP) is 21.7. The first kappa shape index (κ1) is 70.8. The van der Waals surface area contributed by atoms with Crippen molar-refractivity contribution < 1.29 is 28.6 Å². The van der Waals surface area contributed by atoms with Gasteiger partial charge in [0.05, 0.1) is 0 Å². The van der Waals surface area contributed by atoms with E-state index in [4.69, 9.17) is 14.2 Å². The molecule has 0 saturated carbocycles. The molecule has 428 valence electrons. The highest BCUT2D eigenvalue weighted by Crippen LogP contribution is 2.17. The van der Waals surface area contributed by atoms with Gasteiger partial charge in [0.1, 0.15) is 13.2 Å². The molecular weight excluding hydrogens is 913 g/mol. The summed E-state index contributed by atoms with van der Waals surface area (Å²) < 4.78 is 16.8. The molecule has 0 aromatic carbocycles. The van der Waals surface area contributed by atoms with E-state index in [1.54, 1.807) is 0 Å². The van der Waals surface area contributed by atoms with E-state index in [0.29, 0.717) is 19.3 Å². The zero-order valence-electron chi connectivity index (χ0n) is 49.1. The van der Waals surface area contributed by atoms with Gasteiger partial charge in [0.2, 0.25) is 0 Å². The molecule has 0 aliphatic carbocycles. The van der Waals surface area contributed by atoms with Crippen LogP contribution in [0.25, 0.3) is 0 Å². The molecule has 0 radical (unpaired) electrons. The zero-order valence-corrected chi connectivity index (χ0v) is 49.1. The molecule has 0 N–H and O–H groups in total. The number of carbonyl (C=O) groups is 3. The van der Waals surface area contributed by atoms with Gasteiger partial charge in [-0.25, -0.2) is 0 Å². The monoisotopic (exact) mass is 1030 g/mol. The molecule has 0 rings (SSSR count). The Morgan fingerprint density at radius 3 is 0.797 bits per heavy atom. The number of esters is 3. The highest BCUT2D eigenvalue weighted by molar-refractivity contribution is 5.71. The van der Waals surface area contributed by atoms with E-state index >= 15 is 0 Å². The minimum atomic E-state index is -0.813. The topological polar surface area (TPSA) is 78.9 Å². The minimum absolute atomic E-state index is 0.101. The standard InChI is InChI=1S/C68H120O6/c1-4-7-10-13-16-19-22-25-27-29-31-32-33-34-35-37-38-40-43-46-49-52-55-58-61-67(70)73-64-65(63-72-66(69)60-57-54-51-48-45-42-24-21-18-15-12-9-6-3)74-68(71)62-59-56-53-50-47-44-41-39-36-30-28-26-23-20-17-14-11-8-5-2/h8,11,17,20,26,28,36,39,44,47,53,56,65H,4-7,9-10,12-16,18-19,21-25,27,29-35,37-38,40-43,45-46,48-52,54-55,57-64H2,1-3H3/b11-8-,20-17-,28-26-,39-36-,47-44-,56-53-. The van der Waals surface area contributed by atoms with Gasteiger partial charge in [-0.15, -0.1) is 0 Å². The van der Waals surface area contributed by atoms with Crippen molar-refractivity contribution in [1.82, 2.24) is 0 Å². The Labute approximate surface area is 459 Å². The number of hydrogen-bond acceptors (Lipinski definition) is 6. The predicted molar refractivity (Wildman–Crippen MR) is 321 cm³/mol. The third-order valence-electron chi connectivity index (χ3n) is 14.0. The molecule has 1 unspecified atom stereocenters. The number of hydrogen-bond donors (Lipinski definition) is 0. The lowest BCUT2D eigenvalue weighted by Gasteiger charge is -2.18. The van der Waals surface area contributed by atoms with Crippen LogP contribution in [-0.4, -0.2) is 37.2 Å². The van der Waals surface area contributed by atoms with E-state index in [-0.39, 0.29) is 37.5 Å². The molecule has 0 aromatic heterocycles. The van der Waals surface area contributed by atoms with E-state index in [1.165, 1.54) is 199 Å². The lowest BCUT2D eigenvalue weighted by Crippen LogP contribution is -2.30. The second-order valence-electron chi connectivity index (χ2n) is 21.3. The Morgan fingerprint density at radius 1 is 0.284 bits per heavy atom. The van der Waals surface area contributed by atoms with Crippen LogP contribution in [0.2, 0.25) is 0 Å². The van der Waals surface area contributed by atoms with Gasteiger partial charge in [-0.2, -0.15) is 0 Å². The molecule has 6 nitrogen and oxygen atoms in total. The Kier molecular flexibility index (Phi) is 59.7. The van der Waals surface area contributed by atoms with E-state index < -0.39 is 6.10 Å². The minimum Gasteiger partial charge on any atom is -0.462 e. The maximum Gasteiger partial charge on any atom is 0.306 e. The number of allylic oxidation sites excluding steroid dienone is 12. The summed E-state index contributed by atoms with van der Waals surface area (Å²) in [6.07, 6.45) is 80.7. The fraction of sp³-hybridized carbons (Fsp3) is 0.779. The summed E-state index contributed by atoms with van der Waals surface area (Å²) in [5, 5.41) is 0. The van der Waals surface area contributed by atoms with E-state index in [2.05, 4.69) is 87.6 Å². The van der Waals surface area contributed by atoms with Crippen LogP contribution in [0.15, 0.2) is 72.9 Å². The van der Waals surface area contributed by atoms with Gasteiger partial charge in [0, 0.05) is 19.3 Å². The van der Waals surface area contributed by atoms with Crippen molar-refractivity contribution >= 4 is 17.9 Å². The first-order valence-electron chi connectivity index (χ1n) is 31.9. The van der Waals surface area contributed by atoms with Crippen molar-refractivity contribution in [2.45, 2.75) is 329 Å². The Hall–Kier alpha value is -3.15. The van der Waals surface area contributed by atoms with Crippen molar-refractivity contribution in [2.24, 2.45) is 0 Å². The molecule has 0 aliphatic heterocycles. The first-order chi connectivity index (χ1) is 36.5. The summed E-state index contributed by atoms with van der Waals surface area (Å²) in [6, 6.07) is 0. The number of carbonyl (C=O) groups excluding carboxylic acids is 3. The van der Waals surface area contributed by atoms with Gasteiger partial charge in [-0.3, -0.25) is 14.4 Å². The number of ether oxygens (including phenoxy) is 3. The van der Waals surface area contributed by atoms with Crippen LogP contribution in [0.1, 0.15) is 323 Å². The van der Waals surface area contributed by atoms with Gasteiger partial charge >= 0.3 is 17.9 Å². The van der Waals surface area contributed by atoms with Crippen LogP contribution in [0, 0.1) is 0 Å². The molecule has 0 amide bonds. The van der Waals surface area contributed by atoms with Crippen LogP contribution >= 0.6 is 0 Å². The smallest absolute Gasteiger partial charge is 0.306 e. The van der Waals surface area contributed by atoms with Gasteiger partial charge < -0.3 is 14.2 Å². The van der Waals surface area contributed by atoms with Gasteiger partial charge in [-0.05, 0) is 57.8 Å². The average molecular weight is 1030 g/mol. The van der Waals surface area contributed by atoms with Crippen molar-refractivity contribution in [3.63, 3.8) is 0 Å². The van der Waals surface area contributed by atoms with Crippen molar-refractivity contribution in [3.8, 4) is 0 Å². The summed E-state index contributed by atoms with van der Waals surface area (Å²) in [6.45, 7) is 6.51. The molecule has 74 heavy (non-hydrogen) atoms. The van der Waals surface area contributed by atoms with E-state index in [1.807, 2.05) is 6.08 Å².